The van der Waals surface area contributed by atoms with E-state index in [9.17, 15) is 4.21 Å². The fourth-order valence-electron chi connectivity index (χ4n) is 3.74. The highest BCUT2D eigenvalue weighted by Crippen LogP contribution is 2.17. The second kappa shape index (κ2) is 10.5. The molecule has 2 aliphatic heterocycles. The molecule has 0 radical (unpaired) electrons. The summed E-state index contributed by atoms with van der Waals surface area (Å²) in [4.78, 5) is 0. The molecule has 0 aromatic rings. The van der Waals surface area contributed by atoms with Gasteiger partial charge in [0.15, 0.2) is 0 Å². The highest BCUT2D eigenvalue weighted by atomic mass is 35.5. The summed E-state index contributed by atoms with van der Waals surface area (Å²) in [5.74, 6) is 1.83. The van der Waals surface area contributed by atoms with Crippen LogP contribution in [-0.4, -0.2) is 78.0 Å². The molecule has 2 rings (SSSR count). The third-order valence-electron chi connectivity index (χ3n) is 5.51. The number of hydrogen-bond acceptors (Lipinski definition) is 1. The molecular weight excluding hydrogens is 339 g/mol. The summed E-state index contributed by atoms with van der Waals surface area (Å²) in [6, 6.07) is 0. The minimum Gasteiger partial charge on any atom is -1.00 e. The zero-order valence-electron chi connectivity index (χ0n) is 14.4. The number of likely N-dealkylation sites (tertiary alicyclic amines) is 2. The van der Waals surface area contributed by atoms with E-state index in [1.807, 2.05) is 0 Å². The van der Waals surface area contributed by atoms with E-state index in [4.69, 9.17) is 0 Å². The Morgan fingerprint density at radius 3 is 1.32 bits per heavy atom. The Hall–Kier alpha value is 0.650. The molecule has 0 N–H and O–H groups in total. The Balaban J connectivity index is 0.00000220. The highest BCUT2D eigenvalue weighted by Gasteiger charge is 2.27. The Morgan fingerprint density at radius 1 is 0.682 bits per heavy atom. The summed E-state index contributed by atoms with van der Waals surface area (Å²) in [5, 5.41) is 0. The molecule has 0 unspecified atom stereocenters. The van der Waals surface area contributed by atoms with Crippen LogP contribution in [0.2, 0.25) is 0 Å². The van der Waals surface area contributed by atoms with Crippen LogP contribution in [0.3, 0.4) is 0 Å². The third-order valence-corrected chi connectivity index (χ3v) is 6.79. The first-order valence-corrected chi connectivity index (χ1v) is 10.0. The zero-order valence-corrected chi connectivity index (χ0v) is 16.7. The lowest BCUT2D eigenvalue weighted by Crippen LogP contribution is -3.00. The summed E-state index contributed by atoms with van der Waals surface area (Å²) in [6.45, 7) is 7.43. The standard InChI is InChI=1S/C16H34N2OS.2ClH/c1-17(9-5-3-6-10-17)13-15-20(19)16-14-18(2)11-7-4-8-12-18;;/h3-16H2,1-2H3;2*1H/q+2;;/p-2. The molecule has 0 aromatic carbocycles. The maximum atomic E-state index is 12.3. The number of hydrogen-bond donors (Lipinski definition) is 0. The third kappa shape index (κ3) is 7.48. The van der Waals surface area contributed by atoms with Gasteiger partial charge in [-0.1, -0.05) is 0 Å². The quantitative estimate of drug-likeness (QED) is 0.434. The minimum atomic E-state index is -0.606. The molecule has 22 heavy (non-hydrogen) atoms. The van der Waals surface area contributed by atoms with Crippen molar-refractivity contribution in [3.8, 4) is 0 Å². The predicted octanol–water partition coefficient (Wildman–Crippen LogP) is -4.00. The average molecular weight is 373 g/mol. The van der Waals surface area contributed by atoms with Crippen LogP contribution in [0.25, 0.3) is 0 Å². The molecule has 2 aliphatic rings. The Morgan fingerprint density at radius 2 is 1.00 bits per heavy atom. The van der Waals surface area contributed by atoms with Crippen LogP contribution < -0.4 is 24.8 Å². The van der Waals surface area contributed by atoms with Crippen LogP contribution in [0.15, 0.2) is 0 Å². The Bertz CT molecular complexity index is 300. The zero-order chi connectivity index (χ0) is 14.5. The first kappa shape index (κ1) is 22.6. The van der Waals surface area contributed by atoms with Crippen molar-refractivity contribution in [3.05, 3.63) is 0 Å². The second-order valence-electron chi connectivity index (χ2n) is 7.55. The highest BCUT2D eigenvalue weighted by molar-refractivity contribution is 7.85. The van der Waals surface area contributed by atoms with Crippen LogP contribution >= 0.6 is 0 Å². The number of quaternary nitrogens is 2. The van der Waals surface area contributed by atoms with Gasteiger partial charge in [0.2, 0.25) is 0 Å². The van der Waals surface area contributed by atoms with E-state index in [1.54, 1.807) is 0 Å². The van der Waals surface area contributed by atoms with Crippen LogP contribution in [0, 0.1) is 0 Å². The monoisotopic (exact) mass is 372 g/mol. The van der Waals surface area contributed by atoms with Gasteiger partial charge < -0.3 is 33.8 Å². The lowest BCUT2D eigenvalue weighted by molar-refractivity contribution is -0.912. The van der Waals surface area contributed by atoms with Crippen molar-refractivity contribution in [3.63, 3.8) is 0 Å². The minimum absolute atomic E-state index is 0. The van der Waals surface area contributed by atoms with E-state index < -0.39 is 10.8 Å². The summed E-state index contributed by atoms with van der Waals surface area (Å²) in [7, 11) is 4.11. The van der Waals surface area contributed by atoms with Crippen LogP contribution in [0.1, 0.15) is 38.5 Å². The van der Waals surface area contributed by atoms with Crippen LogP contribution in [0.4, 0.5) is 0 Å². The molecule has 0 saturated carbocycles. The Kier molecular flexibility index (Phi) is 10.8. The van der Waals surface area contributed by atoms with Gasteiger partial charge in [-0.3, -0.25) is 4.21 Å². The summed E-state index contributed by atoms with van der Waals surface area (Å²) >= 11 is 0. The van der Waals surface area contributed by atoms with Crippen molar-refractivity contribution in [2.75, 3.05) is 64.9 Å². The van der Waals surface area contributed by atoms with Crippen LogP contribution in [-0.2, 0) is 10.8 Å². The second-order valence-corrected chi connectivity index (χ2v) is 9.25. The molecule has 0 aliphatic carbocycles. The number of halogens is 2. The van der Waals surface area contributed by atoms with E-state index in [0.29, 0.717) is 0 Å². The molecule has 134 valence electrons. The lowest BCUT2D eigenvalue weighted by atomic mass is 10.1. The predicted molar refractivity (Wildman–Crippen MR) is 87.1 cm³/mol. The van der Waals surface area contributed by atoms with E-state index in [-0.39, 0.29) is 24.8 Å². The summed E-state index contributed by atoms with van der Waals surface area (Å²) in [5.41, 5.74) is 0. The number of rotatable bonds is 6. The summed E-state index contributed by atoms with van der Waals surface area (Å²) in [6.07, 6.45) is 8.23. The van der Waals surface area contributed by atoms with Crippen molar-refractivity contribution in [2.45, 2.75) is 38.5 Å². The normalized spacial score (nSPS) is 23.4. The molecule has 2 fully saturated rings. The van der Waals surface area contributed by atoms with Gasteiger partial charge in [0, 0.05) is 10.8 Å². The fourth-order valence-corrected chi connectivity index (χ4v) is 5.24. The van der Waals surface area contributed by atoms with Gasteiger partial charge >= 0.3 is 0 Å². The first-order chi connectivity index (χ1) is 9.52. The topological polar surface area (TPSA) is 17.1 Å². The van der Waals surface area contributed by atoms with E-state index in [1.165, 1.54) is 64.7 Å². The smallest absolute Gasteiger partial charge is 0.0901 e. The maximum Gasteiger partial charge on any atom is 0.0901 e. The van der Waals surface area contributed by atoms with Crippen molar-refractivity contribution < 1.29 is 38.0 Å². The van der Waals surface area contributed by atoms with Gasteiger partial charge in [-0.2, -0.15) is 0 Å². The number of nitrogens with zero attached hydrogens (tertiary/aromatic N) is 2. The average Bonchev–Trinajstić information content (AvgIpc) is 2.45. The molecule has 2 heterocycles. The SMILES string of the molecule is C[N+]1(CCS(=O)CC[N+]2(C)CCCCC2)CCCCC1.[Cl-].[Cl-]. The maximum absolute atomic E-state index is 12.3. The lowest BCUT2D eigenvalue weighted by Gasteiger charge is -2.38. The van der Waals surface area contributed by atoms with Gasteiger partial charge in [-0.25, -0.2) is 0 Å². The van der Waals surface area contributed by atoms with Crippen molar-refractivity contribution in [2.24, 2.45) is 0 Å². The Labute approximate surface area is 152 Å². The largest absolute Gasteiger partial charge is 1.00 e. The number of piperidine rings is 2. The molecule has 6 heteroatoms. The molecule has 0 spiro atoms. The molecular formula is C16H34Cl2N2OS. The van der Waals surface area contributed by atoms with Gasteiger partial charge in [-0.05, 0) is 38.5 Å². The molecule has 2 saturated heterocycles. The molecule has 0 aromatic heterocycles. The van der Waals surface area contributed by atoms with Crippen molar-refractivity contribution >= 4 is 10.8 Å². The summed E-state index contributed by atoms with van der Waals surface area (Å²) < 4.78 is 14.6. The molecule has 0 atom stereocenters. The van der Waals surface area contributed by atoms with Gasteiger partial charge in [0.25, 0.3) is 0 Å². The van der Waals surface area contributed by atoms with Gasteiger partial charge in [0.1, 0.15) is 0 Å². The van der Waals surface area contributed by atoms with Gasteiger partial charge in [0.05, 0.1) is 64.9 Å². The van der Waals surface area contributed by atoms with Crippen LogP contribution in [0.5, 0.6) is 0 Å². The van der Waals surface area contributed by atoms with Crippen molar-refractivity contribution in [1.82, 2.24) is 0 Å². The fraction of sp³-hybridized carbons (Fsp3) is 1.00. The van der Waals surface area contributed by atoms with Gasteiger partial charge in [-0.15, -0.1) is 0 Å². The van der Waals surface area contributed by atoms with E-state index in [2.05, 4.69) is 14.1 Å². The first-order valence-electron chi connectivity index (χ1n) is 8.54. The van der Waals surface area contributed by atoms with Crippen molar-refractivity contribution in [1.29, 1.82) is 0 Å². The van der Waals surface area contributed by atoms with E-state index >= 15 is 0 Å². The molecule has 3 nitrogen and oxygen atoms in total. The molecule has 0 amide bonds. The van der Waals surface area contributed by atoms with E-state index in [0.717, 1.165) is 33.6 Å². The molecule has 0 bridgehead atoms.